The van der Waals surface area contributed by atoms with Crippen molar-refractivity contribution in [2.75, 3.05) is 11.1 Å². The van der Waals surface area contributed by atoms with Gasteiger partial charge in [0.25, 0.3) is 5.69 Å². The summed E-state index contributed by atoms with van der Waals surface area (Å²) in [5.41, 5.74) is 4.37. The fourth-order valence-corrected chi connectivity index (χ4v) is 4.78. The summed E-state index contributed by atoms with van der Waals surface area (Å²) in [6.07, 6.45) is 0. The molecule has 0 fully saturated rings. The van der Waals surface area contributed by atoms with Crippen LogP contribution in [-0.2, 0) is 4.79 Å². The molecule has 0 spiro atoms. The molecule has 9 nitrogen and oxygen atoms in total. The minimum atomic E-state index is -0.505. The first kappa shape index (κ1) is 25.4. The predicted octanol–water partition coefficient (Wildman–Crippen LogP) is 5.97. The van der Waals surface area contributed by atoms with Gasteiger partial charge in [0, 0.05) is 16.6 Å². The minimum Gasteiger partial charge on any atom is -0.507 e. The van der Waals surface area contributed by atoms with Crippen molar-refractivity contribution in [3.05, 3.63) is 85.9 Å². The number of rotatable bonds is 7. The molecule has 184 valence electrons. The number of carbonyl (C=O) groups excluding carboxylic acids is 1. The lowest BCUT2D eigenvalue weighted by molar-refractivity contribution is -0.384. The van der Waals surface area contributed by atoms with Gasteiger partial charge in [-0.2, -0.15) is 0 Å². The van der Waals surface area contributed by atoms with E-state index in [1.807, 2.05) is 36.6 Å². The van der Waals surface area contributed by atoms with E-state index in [1.165, 1.54) is 23.9 Å². The van der Waals surface area contributed by atoms with E-state index in [0.717, 1.165) is 21.3 Å². The van der Waals surface area contributed by atoms with E-state index in [1.54, 1.807) is 31.2 Å². The zero-order valence-corrected chi connectivity index (χ0v) is 22.1. The summed E-state index contributed by atoms with van der Waals surface area (Å²) in [5, 5.41) is 33.5. The largest absolute Gasteiger partial charge is 0.507 e. The number of hydrogen-bond acceptors (Lipinski definition) is 7. The Morgan fingerprint density at radius 3 is 2.58 bits per heavy atom. The molecule has 0 saturated heterocycles. The smallest absolute Gasteiger partial charge is 0.271 e. The highest BCUT2D eigenvalue weighted by Crippen LogP contribution is 2.35. The average molecular weight is 568 g/mol. The number of phenolic OH excluding ortho intramolecular Hbond substituents is 1. The lowest BCUT2D eigenvalue weighted by atomic mass is 10.1. The van der Waals surface area contributed by atoms with Crippen LogP contribution in [-0.4, -0.2) is 36.5 Å². The number of thioether (sulfide) groups is 1. The van der Waals surface area contributed by atoms with Crippen LogP contribution in [0.15, 0.2) is 64.2 Å². The van der Waals surface area contributed by atoms with E-state index in [-0.39, 0.29) is 23.1 Å². The fourth-order valence-electron chi connectivity index (χ4n) is 3.67. The Morgan fingerprint density at radius 2 is 1.86 bits per heavy atom. The number of non-ortho nitro benzene ring substituents is 1. The van der Waals surface area contributed by atoms with Gasteiger partial charge >= 0.3 is 0 Å². The van der Waals surface area contributed by atoms with Crippen LogP contribution in [0.4, 0.5) is 11.4 Å². The topological polar surface area (TPSA) is 123 Å². The molecule has 2 N–H and O–H groups in total. The second kappa shape index (κ2) is 10.5. The molecule has 0 saturated carbocycles. The van der Waals surface area contributed by atoms with Crippen molar-refractivity contribution in [3.63, 3.8) is 0 Å². The summed E-state index contributed by atoms with van der Waals surface area (Å²) in [5.74, 6) is 0.131. The predicted molar refractivity (Wildman–Crippen MR) is 143 cm³/mol. The maximum absolute atomic E-state index is 12.7. The normalized spacial score (nSPS) is 10.9. The van der Waals surface area contributed by atoms with Crippen LogP contribution in [0.2, 0.25) is 0 Å². The monoisotopic (exact) mass is 567 g/mol. The third kappa shape index (κ3) is 5.42. The summed E-state index contributed by atoms with van der Waals surface area (Å²) in [4.78, 5) is 23.3. The Balaban J connectivity index is 1.66. The van der Waals surface area contributed by atoms with Gasteiger partial charge in [-0.3, -0.25) is 19.5 Å². The van der Waals surface area contributed by atoms with Crippen molar-refractivity contribution in [2.45, 2.75) is 25.9 Å². The van der Waals surface area contributed by atoms with Crippen molar-refractivity contribution in [2.24, 2.45) is 0 Å². The fraction of sp³-hybridized carbons (Fsp3) is 0.160. The lowest BCUT2D eigenvalue weighted by Crippen LogP contribution is -2.15. The molecule has 3 aromatic carbocycles. The summed E-state index contributed by atoms with van der Waals surface area (Å²) in [6, 6.07) is 15.3. The summed E-state index contributed by atoms with van der Waals surface area (Å²) in [6.45, 7) is 5.74. The van der Waals surface area contributed by atoms with E-state index in [0.29, 0.717) is 27.8 Å². The van der Waals surface area contributed by atoms with Crippen molar-refractivity contribution in [1.29, 1.82) is 0 Å². The second-order valence-corrected chi connectivity index (χ2v) is 10.0. The molecule has 36 heavy (non-hydrogen) atoms. The number of aromatic nitrogens is 3. The third-order valence-corrected chi connectivity index (χ3v) is 6.89. The number of hydrogen-bond donors (Lipinski definition) is 2. The molecule has 1 heterocycles. The van der Waals surface area contributed by atoms with Crippen molar-refractivity contribution in [3.8, 4) is 22.8 Å². The highest BCUT2D eigenvalue weighted by atomic mass is 79.9. The Kier molecular flexibility index (Phi) is 7.41. The van der Waals surface area contributed by atoms with Gasteiger partial charge in [-0.25, -0.2) is 0 Å². The van der Waals surface area contributed by atoms with Gasteiger partial charge in [-0.15, -0.1) is 10.2 Å². The summed E-state index contributed by atoms with van der Waals surface area (Å²) < 4.78 is 2.58. The summed E-state index contributed by atoms with van der Waals surface area (Å²) in [7, 11) is 0. The first-order chi connectivity index (χ1) is 17.1. The number of aryl methyl sites for hydroxylation is 3. The number of nitrogens with zero attached hydrogens (tertiary/aromatic N) is 4. The van der Waals surface area contributed by atoms with E-state index < -0.39 is 4.92 Å². The molecule has 4 aromatic rings. The van der Waals surface area contributed by atoms with Gasteiger partial charge in [0.2, 0.25) is 5.91 Å². The number of halogens is 1. The molecule has 0 radical (unpaired) electrons. The number of amides is 1. The first-order valence-corrected chi connectivity index (χ1v) is 12.6. The summed E-state index contributed by atoms with van der Waals surface area (Å²) >= 11 is 4.61. The number of nitro groups is 1. The highest BCUT2D eigenvalue weighted by Gasteiger charge is 2.21. The molecule has 0 bridgehead atoms. The van der Waals surface area contributed by atoms with Crippen molar-refractivity contribution < 1.29 is 14.8 Å². The molecule has 1 amide bonds. The third-order valence-electron chi connectivity index (χ3n) is 5.46. The molecular formula is C25H22BrN5O4S. The van der Waals surface area contributed by atoms with Gasteiger partial charge in [-0.05, 0) is 56.2 Å². The van der Waals surface area contributed by atoms with Crippen molar-refractivity contribution in [1.82, 2.24) is 14.8 Å². The molecule has 11 heteroatoms. The first-order valence-electron chi connectivity index (χ1n) is 10.8. The average Bonchev–Trinajstić information content (AvgIpc) is 3.24. The van der Waals surface area contributed by atoms with Crippen LogP contribution in [0.3, 0.4) is 0 Å². The van der Waals surface area contributed by atoms with Crippen LogP contribution in [0.25, 0.3) is 17.1 Å². The molecular weight excluding hydrogens is 546 g/mol. The molecule has 0 aliphatic rings. The second-order valence-electron chi connectivity index (χ2n) is 8.19. The number of nitro benzene ring substituents is 1. The van der Waals surface area contributed by atoms with Gasteiger partial charge < -0.3 is 10.4 Å². The van der Waals surface area contributed by atoms with Crippen LogP contribution in [0, 0.1) is 30.9 Å². The number of anilines is 1. The van der Waals surface area contributed by atoms with Gasteiger partial charge in [0.15, 0.2) is 11.0 Å². The Morgan fingerprint density at radius 1 is 1.08 bits per heavy atom. The number of phenols is 1. The number of nitrogens with one attached hydrogen (secondary N) is 1. The lowest BCUT2D eigenvalue weighted by Gasteiger charge is -2.14. The molecule has 0 atom stereocenters. The van der Waals surface area contributed by atoms with Crippen molar-refractivity contribution >= 4 is 45.0 Å². The Hall–Kier alpha value is -3.70. The minimum absolute atomic E-state index is 0.00432. The van der Waals surface area contributed by atoms with Crippen LogP contribution in [0.1, 0.15) is 16.7 Å². The van der Waals surface area contributed by atoms with Crippen LogP contribution in [0.5, 0.6) is 5.75 Å². The number of benzene rings is 3. The SMILES string of the molecule is Cc1ccc(-n2c(SCC(=O)Nc3cc([N+](=O)[O-])ccc3C)nnc2-c2cc(Br)ccc2O)c(C)c1. The number of aromatic hydroxyl groups is 1. The molecule has 0 unspecified atom stereocenters. The number of carbonyl (C=O) groups is 1. The Labute approximate surface area is 219 Å². The zero-order valence-electron chi connectivity index (χ0n) is 19.7. The molecule has 0 aliphatic heterocycles. The Bertz CT molecular complexity index is 1490. The van der Waals surface area contributed by atoms with E-state index in [4.69, 9.17) is 0 Å². The van der Waals surface area contributed by atoms with E-state index >= 15 is 0 Å². The zero-order chi connectivity index (χ0) is 26.0. The van der Waals surface area contributed by atoms with E-state index in [2.05, 4.69) is 31.4 Å². The molecule has 0 aliphatic carbocycles. The van der Waals surface area contributed by atoms with Crippen LogP contribution >= 0.6 is 27.7 Å². The standard InChI is InChI=1S/C25H22BrN5O4S/c1-14-4-8-21(16(3)10-14)30-24(19-11-17(26)6-9-22(19)32)28-29-25(30)36-13-23(33)27-20-12-18(31(34)35)7-5-15(20)2/h4-12,32H,13H2,1-3H3,(H,27,33). The highest BCUT2D eigenvalue weighted by molar-refractivity contribution is 9.10. The van der Waals surface area contributed by atoms with Gasteiger partial charge in [-0.1, -0.05) is 51.5 Å². The van der Waals surface area contributed by atoms with Gasteiger partial charge in [0.05, 0.1) is 27.6 Å². The van der Waals surface area contributed by atoms with Crippen LogP contribution < -0.4 is 5.32 Å². The molecule has 4 rings (SSSR count). The molecule has 1 aromatic heterocycles. The quantitative estimate of drug-likeness (QED) is 0.160. The van der Waals surface area contributed by atoms with Gasteiger partial charge in [0.1, 0.15) is 5.75 Å². The van der Waals surface area contributed by atoms with E-state index in [9.17, 15) is 20.0 Å². The maximum Gasteiger partial charge on any atom is 0.271 e. The maximum atomic E-state index is 12.7.